The summed E-state index contributed by atoms with van der Waals surface area (Å²) in [5.74, 6) is -0.0139. The van der Waals surface area contributed by atoms with Gasteiger partial charge in [0, 0.05) is 37.5 Å². The van der Waals surface area contributed by atoms with E-state index in [-0.39, 0.29) is 48.2 Å². The number of rotatable bonds is 7. The monoisotopic (exact) mass is 576 g/mol. The van der Waals surface area contributed by atoms with Crippen molar-refractivity contribution in [1.82, 2.24) is 39.4 Å². The molecule has 5 heterocycles. The maximum absolute atomic E-state index is 15.5. The number of benzene rings is 1. The normalized spacial score (nSPS) is 15.4. The van der Waals surface area contributed by atoms with Gasteiger partial charge in [-0.15, -0.1) is 0 Å². The summed E-state index contributed by atoms with van der Waals surface area (Å²) in [4.78, 5) is 36.1. The SMILES string of the molecule is C=CC(=O)N1CCN(c2ncc3ncnc(Nc4ccc(Oc5ccn6ncnc6c5)c(C)c4F)c3n2)C[C@H]1C(F)F. The van der Waals surface area contributed by atoms with Gasteiger partial charge in [-0.2, -0.15) is 5.10 Å². The fraction of sp³-hybridized carbons (Fsp3) is 0.222. The van der Waals surface area contributed by atoms with E-state index in [0.717, 1.165) is 11.0 Å². The third-order valence-corrected chi connectivity index (χ3v) is 6.88. The highest BCUT2D eigenvalue weighted by Gasteiger charge is 2.36. The van der Waals surface area contributed by atoms with Crippen LogP contribution in [-0.4, -0.2) is 77.4 Å². The largest absolute Gasteiger partial charge is 0.457 e. The molecule has 5 aromatic rings. The van der Waals surface area contributed by atoms with Crippen LogP contribution < -0.4 is 15.0 Å². The van der Waals surface area contributed by atoms with Crippen molar-refractivity contribution in [3.05, 3.63) is 73.3 Å². The van der Waals surface area contributed by atoms with E-state index < -0.39 is 24.2 Å². The predicted molar refractivity (Wildman–Crippen MR) is 147 cm³/mol. The van der Waals surface area contributed by atoms with Crippen LogP contribution in [0.5, 0.6) is 11.5 Å². The van der Waals surface area contributed by atoms with Crippen molar-refractivity contribution in [2.75, 3.05) is 29.9 Å². The van der Waals surface area contributed by atoms with Crippen LogP contribution >= 0.6 is 0 Å². The molecule has 214 valence electrons. The summed E-state index contributed by atoms with van der Waals surface area (Å²) < 4.78 is 50.6. The van der Waals surface area contributed by atoms with E-state index >= 15 is 4.39 Å². The molecule has 0 spiro atoms. The van der Waals surface area contributed by atoms with Crippen LogP contribution in [0.2, 0.25) is 0 Å². The number of nitrogens with zero attached hydrogens (tertiary/aromatic N) is 9. The Labute approximate surface area is 236 Å². The zero-order valence-electron chi connectivity index (χ0n) is 22.2. The molecule has 1 aliphatic heterocycles. The lowest BCUT2D eigenvalue weighted by molar-refractivity contribution is -0.132. The number of amides is 1. The van der Waals surface area contributed by atoms with Crippen LogP contribution in [-0.2, 0) is 4.79 Å². The summed E-state index contributed by atoms with van der Waals surface area (Å²) in [6.45, 7) is 5.07. The lowest BCUT2D eigenvalue weighted by Gasteiger charge is -2.40. The van der Waals surface area contributed by atoms with Gasteiger partial charge in [0.05, 0.1) is 11.9 Å². The molecular formula is C27H23F3N10O2. The highest BCUT2D eigenvalue weighted by Crippen LogP contribution is 2.33. The van der Waals surface area contributed by atoms with E-state index in [2.05, 4.69) is 41.9 Å². The van der Waals surface area contributed by atoms with Crippen LogP contribution in [0.25, 0.3) is 16.7 Å². The third kappa shape index (κ3) is 5.00. The van der Waals surface area contributed by atoms with Crippen molar-refractivity contribution in [2.24, 2.45) is 0 Å². The predicted octanol–water partition coefficient (Wildman–Crippen LogP) is 3.91. The third-order valence-electron chi connectivity index (χ3n) is 6.88. The molecular weight excluding hydrogens is 553 g/mol. The number of hydrogen-bond donors (Lipinski definition) is 1. The van der Waals surface area contributed by atoms with Gasteiger partial charge in [0.25, 0.3) is 6.43 Å². The summed E-state index contributed by atoms with van der Waals surface area (Å²) >= 11 is 0. The van der Waals surface area contributed by atoms with E-state index in [1.54, 1.807) is 40.7 Å². The number of fused-ring (bicyclic) bond motifs is 2. The van der Waals surface area contributed by atoms with Gasteiger partial charge in [-0.1, -0.05) is 6.58 Å². The van der Waals surface area contributed by atoms with Crippen molar-refractivity contribution in [2.45, 2.75) is 19.4 Å². The number of carbonyl (C=O) groups excluding carboxylic acids is 1. The molecule has 1 N–H and O–H groups in total. The van der Waals surface area contributed by atoms with E-state index in [0.29, 0.717) is 22.7 Å². The lowest BCUT2D eigenvalue weighted by atomic mass is 10.1. The summed E-state index contributed by atoms with van der Waals surface area (Å²) in [6, 6.07) is 5.14. The Hall–Kier alpha value is -5.34. The minimum Gasteiger partial charge on any atom is -0.457 e. The molecule has 1 fully saturated rings. The minimum atomic E-state index is -2.78. The van der Waals surface area contributed by atoms with Gasteiger partial charge < -0.3 is 19.9 Å². The number of alkyl halides is 2. The molecule has 12 nitrogen and oxygen atoms in total. The minimum absolute atomic E-state index is 0.0450. The van der Waals surface area contributed by atoms with Gasteiger partial charge in [0.1, 0.15) is 41.2 Å². The van der Waals surface area contributed by atoms with Crippen LogP contribution in [0.1, 0.15) is 5.56 Å². The first kappa shape index (κ1) is 26.9. The summed E-state index contributed by atoms with van der Waals surface area (Å²) in [7, 11) is 0. The first-order valence-electron chi connectivity index (χ1n) is 12.8. The molecule has 1 atom stereocenters. The summed E-state index contributed by atoms with van der Waals surface area (Å²) in [6.07, 6.45) is 4.06. The maximum atomic E-state index is 15.5. The molecule has 4 aromatic heterocycles. The van der Waals surface area contributed by atoms with Gasteiger partial charge in [0.15, 0.2) is 17.3 Å². The second kappa shape index (κ2) is 10.9. The molecule has 6 rings (SSSR count). The van der Waals surface area contributed by atoms with Crippen molar-refractivity contribution < 1.29 is 22.7 Å². The van der Waals surface area contributed by atoms with E-state index in [9.17, 15) is 13.6 Å². The van der Waals surface area contributed by atoms with Gasteiger partial charge in [-0.3, -0.25) is 4.79 Å². The Morgan fingerprint density at radius 1 is 1.17 bits per heavy atom. The van der Waals surface area contributed by atoms with E-state index in [4.69, 9.17) is 4.74 Å². The Morgan fingerprint density at radius 3 is 2.83 bits per heavy atom. The standard InChI is InChI=1S/C27H23F3N10O2/c1-3-22(41)39-9-8-38(12-19(39)25(29)30)27-31-11-18-24(37-27)26(34-13-32-18)36-17-4-5-20(15(2)23(17)28)42-16-6-7-40-21(10-16)33-14-35-40/h3-7,10-11,13-14,19,25H,1,8-9,12H2,2H3,(H,32,34,36)/t19-/m0/s1. The lowest BCUT2D eigenvalue weighted by Crippen LogP contribution is -2.58. The average molecular weight is 577 g/mol. The van der Waals surface area contributed by atoms with Crippen LogP contribution in [0, 0.1) is 12.7 Å². The topological polar surface area (TPSA) is 127 Å². The molecule has 0 unspecified atom stereocenters. The van der Waals surface area contributed by atoms with Gasteiger partial charge >= 0.3 is 0 Å². The summed E-state index contributed by atoms with van der Waals surface area (Å²) in [5, 5.41) is 7.00. The second-order valence-corrected chi connectivity index (χ2v) is 9.41. The molecule has 15 heteroatoms. The molecule has 42 heavy (non-hydrogen) atoms. The smallest absolute Gasteiger partial charge is 0.260 e. The molecule has 0 aliphatic carbocycles. The number of pyridine rings is 1. The van der Waals surface area contributed by atoms with Crippen LogP contribution in [0.4, 0.5) is 30.6 Å². The average Bonchev–Trinajstić information content (AvgIpc) is 3.48. The van der Waals surface area contributed by atoms with E-state index in [1.807, 2.05) is 0 Å². The van der Waals surface area contributed by atoms with E-state index in [1.165, 1.54) is 24.9 Å². The highest BCUT2D eigenvalue weighted by atomic mass is 19.3. The summed E-state index contributed by atoms with van der Waals surface area (Å²) in [5.41, 5.74) is 1.57. The Balaban J connectivity index is 1.26. The number of ether oxygens (including phenoxy) is 1. The first-order valence-corrected chi connectivity index (χ1v) is 12.8. The van der Waals surface area contributed by atoms with Crippen molar-refractivity contribution in [3.63, 3.8) is 0 Å². The number of hydrogen-bond acceptors (Lipinski definition) is 10. The first-order chi connectivity index (χ1) is 20.3. The van der Waals surface area contributed by atoms with Crippen LogP contribution in [0.3, 0.4) is 0 Å². The molecule has 0 radical (unpaired) electrons. The molecule has 1 aliphatic rings. The second-order valence-electron chi connectivity index (χ2n) is 9.41. The fourth-order valence-corrected chi connectivity index (χ4v) is 4.68. The van der Waals surface area contributed by atoms with Crippen molar-refractivity contribution >= 4 is 40.0 Å². The van der Waals surface area contributed by atoms with Crippen molar-refractivity contribution in [1.29, 1.82) is 0 Å². The Kier molecular flexibility index (Phi) is 6.98. The molecule has 1 saturated heterocycles. The van der Waals surface area contributed by atoms with Gasteiger partial charge in [-0.05, 0) is 31.2 Å². The van der Waals surface area contributed by atoms with Gasteiger partial charge in [0.2, 0.25) is 11.9 Å². The van der Waals surface area contributed by atoms with Gasteiger partial charge in [-0.25, -0.2) is 42.6 Å². The number of nitrogens with one attached hydrogen (secondary N) is 1. The maximum Gasteiger partial charge on any atom is 0.260 e. The molecule has 1 aromatic carbocycles. The number of carbonyl (C=O) groups is 1. The number of aromatic nitrogens is 7. The Morgan fingerprint density at radius 2 is 2.02 bits per heavy atom. The molecule has 0 bridgehead atoms. The van der Waals surface area contributed by atoms with Crippen molar-refractivity contribution in [3.8, 4) is 11.5 Å². The highest BCUT2D eigenvalue weighted by molar-refractivity contribution is 5.88. The Bertz CT molecular complexity index is 1810. The molecule has 0 saturated carbocycles. The zero-order valence-corrected chi connectivity index (χ0v) is 22.2. The zero-order chi connectivity index (χ0) is 29.4. The number of halogens is 3. The molecule has 1 amide bonds. The number of anilines is 3. The quantitative estimate of drug-likeness (QED) is 0.285. The number of piperazine rings is 1. The van der Waals surface area contributed by atoms with Crippen LogP contribution in [0.15, 0.2) is 62.0 Å². The fourth-order valence-electron chi connectivity index (χ4n) is 4.68.